The standard InChI is InChI=1S/C33H50O13S2/c1-17(2)13-20(34)14-18(3)23-7-8-24-22-16-27(44-31-29(36)28(35)30(19(4)43-31)46-48(40,41)42)26-15-21(45-47(37,38)39)9-11-33(26,6)25(22)10-12-32(23,24)5/h10,13,19,21-22,24,26-31,35-36H,7-9,11-12,14-16H2,1-6H3,(H,37,38,39)(H,40,41,42)/p-2/b23-18+/t19?,21-,22?,24?,26?,27?,28?,29?,30+,31-,32+,33+/m0/s1. The highest BCUT2D eigenvalue weighted by molar-refractivity contribution is 7.81. The monoisotopic (exact) mass is 716 g/mol. The van der Waals surface area contributed by atoms with Crippen LogP contribution >= 0.6 is 0 Å². The molecule has 272 valence electrons. The van der Waals surface area contributed by atoms with Crippen molar-refractivity contribution in [3.8, 4) is 0 Å². The van der Waals surface area contributed by atoms with Crippen molar-refractivity contribution in [1.29, 1.82) is 0 Å². The SMILES string of the molecule is CC(C)=CC(=O)C/C(C)=C1\CCC2C3CC(O[C@@H]4OC(C)[C@@H](OS(=O)(=O)[O-])C(O)C4O)C4C[C@@H](OS(=O)(=O)[O-])CC[C@]4(C)C3=CC[C@]12C. The highest BCUT2D eigenvalue weighted by Crippen LogP contribution is 2.66. The number of hydrogen-bond acceptors (Lipinski definition) is 13. The number of aliphatic hydroxyl groups is 2. The molecule has 3 saturated carbocycles. The van der Waals surface area contributed by atoms with Gasteiger partial charge in [-0.3, -0.25) is 13.2 Å². The van der Waals surface area contributed by atoms with Gasteiger partial charge in [0.15, 0.2) is 12.1 Å². The number of allylic oxidation sites excluding steroid dienone is 6. The lowest BCUT2D eigenvalue weighted by atomic mass is 9.48. The van der Waals surface area contributed by atoms with Crippen molar-refractivity contribution >= 4 is 26.6 Å². The van der Waals surface area contributed by atoms with Gasteiger partial charge < -0.3 is 28.8 Å². The second kappa shape index (κ2) is 13.5. The number of hydrogen-bond donors (Lipinski definition) is 2. The first-order valence-corrected chi connectivity index (χ1v) is 19.3. The molecule has 0 amide bonds. The molecular formula is C33H48O13S2-2. The predicted octanol–water partition coefficient (Wildman–Crippen LogP) is 3.34. The first-order valence-electron chi connectivity index (χ1n) is 16.7. The lowest BCUT2D eigenvalue weighted by Gasteiger charge is -2.59. The average Bonchev–Trinajstić information content (AvgIpc) is 3.30. The molecule has 2 N–H and O–H groups in total. The molecule has 0 bridgehead atoms. The van der Waals surface area contributed by atoms with Crippen LogP contribution in [0.5, 0.6) is 0 Å². The first kappa shape index (κ1) is 37.7. The van der Waals surface area contributed by atoms with Crippen molar-refractivity contribution in [2.45, 2.75) is 136 Å². The Balaban J connectivity index is 1.47. The minimum absolute atomic E-state index is 0.0410. The van der Waals surface area contributed by atoms with Crippen LogP contribution in [0.2, 0.25) is 0 Å². The van der Waals surface area contributed by atoms with Gasteiger partial charge in [0, 0.05) is 6.42 Å². The molecule has 1 aliphatic heterocycles. The van der Waals surface area contributed by atoms with Crippen LogP contribution in [0.15, 0.2) is 34.4 Å². The minimum atomic E-state index is -5.22. The van der Waals surface area contributed by atoms with Crippen molar-refractivity contribution < 1.29 is 58.8 Å². The van der Waals surface area contributed by atoms with E-state index in [4.69, 9.17) is 13.7 Å². The van der Waals surface area contributed by atoms with Gasteiger partial charge in [-0.25, -0.2) is 16.8 Å². The molecule has 0 aromatic carbocycles. The number of ketones is 1. The zero-order valence-corrected chi connectivity index (χ0v) is 29.9. The van der Waals surface area contributed by atoms with Crippen LogP contribution in [0.4, 0.5) is 0 Å². The predicted molar refractivity (Wildman–Crippen MR) is 169 cm³/mol. The third-order valence-corrected chi connectivity index (χ3v) is 12.7. The maximum absolute atomic E-state index is 12.7. The van der Waals surface area contributed by atoms with Gasteiger partial charge >= 0.3 is 0 Å². The highest BCUT2D eigenvalue weighted by atomic mass is 32.3. The molecule has 7 unspecified atom stereocenters. The molecule has 1 saturated heterocycles. The Morgan fingerprint density at radius 1 is 1.00 bits per heavy atom. The number of carbonyl (C=O) groups excluding carboxylic acids is 1. The minimum Gasteiger partial charge on any atom is -0.726 e. The molecule has 4 fully saturated rings. The number of fused-ring (bicyclic) bond motifs is 5. The van der Waals surface area contributed by atoms with E-state index in [-0.39, 0.29) is 35.4 Å². The van der Waals surface area contributed by atoms with E-state index in [9.17, 15) is 40.9 Å². The molecule has 5 aliphatic rings. The number of carbonyl (C=O) groups is 1. The van der Waals surface area contributed by atoms with E-state index in [1.54, 1.807) is 6.08 Å². The van der Waals surface area contributed by atoms with E-state index in [0.29, 0.717) is 25.7 Å². The van der Waals surface area contributed by atoms with Crippen LogP contribution in [0.3, 0.4) is 0 Å². The second-order valence-electron chi connectivity index (χ2n) is 15.2. The molecular weight excluding hydrogens is 668 g/mol. The second-order valence-corrected chi connectivity index (χ2v) is 17.2. The molecule has 15 heteroatoms. The number of rotatable bonds is 9. The van der Waals surface area contributed by atoms with E-state index < -0.39 is 69.1 Å². The summed E-state index contributed by atoms with van der Waals surface area (Å²) in [5, 5.41) is 21.8. The van der Waals surface area contributed by atoms with Crippen LogP contribution in [0.1, 0.15) is 92.9 Å². The van der Waals surface area contributed by atoms with Crippen LogP contribution < -0.4 is 0 Å². The molecule has 12 atom stereocenters. The van der Waals surface area contributed by atoms with Crippen molar-refractivity contribution in [3.05, 3.63) is 34.4 Å². The maximum Gasteiger partial charge on any atom is 0.218 e. The fourth-order valence-electron chi connectivity index (χ4n) is 9.73. The smallest absolute Gasteiger partial charge is 0.218 e. The molecule has 0 aromatic heterocycles. The summed E-state index contributed by atoms with van der Waals surface area (Å²) in [4.78, 5) is 12.7. The van der Waals surface area contributed by atoms with Gasteiger partial charge in [0.05, 0.1) is 18.3 Å². The van der Waals surface area contributed by atoms with Gasteiger partial charge in [-0.2, -0.15) is 0 Å². The van der Waals surface area contributed by atoms with Crippen molar-refractivity contribution in [2.75, 3.05) is 0 Å². The lowest BCUT2D eigenvalue weighted by Crippen LogP contribution is -2.61. The fraction of sp³-hybridized carbons (Fsp3) is 0.788. The van der Waals surface area contributed by atoms with Crippen LogP contribution in [0, 0.1) is 28.6 Å². The quantitative estimate of drug-likeness (QED) is 0.152. The van der Waals surface area contributed by atoms with E-state index in [0.717, 1.165) is 30.4 Å². The average molecular weight is 717 g/mol. The topological polar surface area (TPSA) is 209 Å². The molecule has 48 heavy (non-hydrogen) atoms. The van der Waals surface area contributed by atoms with Crippen molar-refractivity contribution in [3.63, 3.8) is 0 Å². The summed E-state index contributed by atoms with van der Waals surface area (Å²) >= 11 is 0. The summed E-state index contributed by atoms with van der Waals surface area (Å²) in [7, 11) is -10.2. The molecule has 0 aromatic rings. The normalized spacial score (nSPS) is 42.6. The summed E-state index contributed by atoms with van der Waals surface area (Å²) in [6.07, 6.45) is -0.943. The third kappa shape index (κ3) is 7.55. The van der Waals surface area contributed by atoms with E-state index in [1.165, 1.54) is 18.1 Å². The Morgan fingerprint density at radius 3 is 2.29 bits per heavy atom. The summed E-state index contributed by atoms with van der Waals surface area (Å²) < 4.78 is 90.2. The Morgan fingerprint density at radius 2 is 1.67 bits per heavy atom. The van der Waals surface area contributed by atoms with Crippen molar-refractivity contribution in [1.82, 2.24) is 0 Å². The first-order chi connectivity index (χ1) is 22.1. The fourth-order valence-corrected chi connectivity index (χ4v) is 10.8. The Kier molecular flexibility index (Phi) is 10.6. The van der Waals surface area contributed by atoms with Gasteiger partial charge in [-0.15, -0.1) is 0 Å². The van der Waals surface area contributed by atoms with Gasteiger partial charge in [0.25, 0.3) is 0 Å². The van der Waals surface area contributed by atoms with Gasteiger partial charge in [-0.1, -0.05) is 42.2 Å². The molecule has 0 spiro atoms. The van der Waals surface area contributed by atoms with Crippen LogP contribution in [0.25, 0.3) is 0 Å². The van der Waals surface area contributed by atoms with Gasteiger partial charge in [0.1, 0.15) is 18.3 Å². The number of ether oxygens (including phenoxy) is 2. The van der Waals surface area contributed by atoms with Gasteiger partial charge in [-0.05, 0) is 107 Å². The molecule has 5 rings (SSSR count). The van der Waals surface area contributed by atoms with Gasteiger partial charge in [0.2, 0.25) is 20.8 Å². The van der Waals surface area contributed by atoms with Crippen molar-refractivity contribution in [2.24, 2.45) is 28.6 Å². The molecule has 4 aliphatic carbocycles. The van der Waals surface area contributed by atoms with E-state index in [2.05, 4.69) is 24.1 Å². The highest BCUT2D eigenvalue weighted by Gasteiger charge is 2.60. The maximum atomic E-state index is 12.7. The Labute approximate surface area is 283 Å². The summed E-state index contributed by atoms with van der Waals surface area (Å²) in [5.41, 5.74) is 3.91. The third-order valence-electron chi connectivity index (χ3n) is 11.7. The summed E-state index contributed by atoms with van der Waals surface area (Å²) in [6, 6.07) is 0. The zero-order valence-electron chi connectivity index (χ0n) is 28.3. The molecule has 13 nitrogen and oxygen atoms in total. The number of aliphatic hydroxyl groups excluding tert-OH is 2. The Bertz CT molecular complexity index is 1580. The molecule has 0 radical (unpaired) electrons. The Hall–Kier alpha value is -1.53. The largest absolute Gasteiger partial charge is 0.726 e. The lowest BCUT2D eigenvalue weighted by molar-refractivity contribution is -0.312. The van der Waals surface area contributed by atoms with Crippen LogP contribution in [-0.4, -0.2) is 84.9 Å². The van der Waals surface area contributed by atoms with E-state index in [1.807, 2.05) is 20.8 Å². The van der Waals surface area contributed by atoms with E-state index >= 15 is 0 Å². The van der Waals surface area contributed by atoms with Crippen LogP contribution in [-0.2, 0) is 43.4 Å². The molecule has 1 heterocycles. The summed E-state index contributed by atoms with van der Waals surface area (Å²) in [5.74, 6) is -0.0339. The zero-order chi connectivity index (χ0) is 35.6. The summed E-state index contributed by atoms with van der Waals surface area (Å²) in [6.45, 7) is 11.6.